The van der Waals surface area contributed by atoms with Crippen molar-refractivity contribution in [1.29, 1.82) is 0 Å². The van der Waals surface area contributed by atoms with E-state index in [1.807, 2.05) is 24.3 Å². The summed E-state index contributed by atoms with van der Waals surface area (Å²) >= 11 is 0. The van der Waals surface area contributed by atoms with Gasteiger partial charge in [-0.3, -0.25) is 9.69 Å². The van der Waals surface area contributed by atoms with Crippen molar-refractivity contribution in [2.24, 2.45) is 5.92 Å². The van der Waals surface area contributed by atoms with Crippen LogP contribution in [0.3, 0.4) is 0 Å². The average Bonchev–Trinajstić information content (AvgIpc) is 3.18. The first-order valence-electron chi connectivity index (χ1n) is 10.4. The Hall–Kier alpha value is -2.12. The fourth-order valence-electron chi connectivity index (χ4n) is 4.53. The molecule has 0 radical (unpaired) electrons. The highest BCUT2D eigenvalue weighted by atomic mass is 16.4. The van der Waals surface area contributed by atoms with Crippen molar-refractivity contribution in [2.45, 2.75) is 31.7 Å². The lowest BCUT2D eigenvalue weighted by Gasteiger charge is -2.42. The number of likely N-dealkylation sites (tertiary alicyclic amines) is 1. The van der Waals surface area contributed by atoms with Gasteiger partial charge in [0.25, 0.3) is 6.01 Å². The minimum absolute atomic E-state index is 0.0208. The summed E-state index contributed by atoms with van der Waals surface area (Å²) in [4.78, 5) is 23.6. The third kappa shape index (κ3) is 4.00. The van der Waals surface area contributed by atoms with Crippen LogP contribution in [0.1, 0.15) is 25.7 Å². The molecule has 1 atom stereocenters. The maximum atomic E-state index is 12.6. The highest BCUT2D eigenvalue weighted by Crippen LogP contribution is 2.28. The summed E-state index contributed by atoms with van der Waals surface area (Å²) in [6, 6.07) is 9.12. The Morgan fingerprint density at radius 2 is 2.04 bits per heavy atom. The van der Waals surface area contributed by atoms with Crippen LogP contribution in [-0.4, -0.2) is 78.2 Å². The Kier molecular flexibility index (Phi) is 5.82. The molecule has 1 N–H and O–H groups in total. The van der Waals surface area contributed by atoms with Crippen molar-refractivity contribution >= 4 is 23.0 Å². The van der Waals surface area contributed by atoms with Crippen LogP contribution in [-0.2, 0) is 4.79 Å². The first-order valence-corrected chi connectivity index (χ1v) is 10.4. The van der Waals surface area contributed by atoms with E-state index in [1.54, 1.807) is 11.9 Å². The van der Waals surface area contributed by atoms with Crippen LogP contribution in [0, 0.1) is 5.92 Å². The van der Waals surface area contributed by atoms with E-state index < -0.39 is 0 Å². The molecule has 0 unspecified atom stereocenters. The second-order valence-electron chi connectivity index (χ2n) is 8.00. The maximum absolute atomic E-state index is 12.6. The van der Waals surface area contributed by atoms with Gasteiger partial charge in [-0.1, -0.05) is 12.1 Å². The molecule has 4 rings (SSSR count). The second-order valence-corrected chi connectivity index (χ2v) is 8.00. The Bertz CT molecular complexity index is 767. The predicted octanol–water partition coefficient (Wildman–Crippen LogP) is 1.96. The fraction of sp³-hybridized carbons (Fsp3) is 0.619. The molecule has 1 amide bonds. The smallest absolute Gasteiger partial charge is 0.298 e. The van der Waals surface area contributed by atoms with E-state index in [-0.39, 0.29) is 18.4 Å². The molecule has 152 valence electrons. The van der Waals surface area contributed by atoms with Crippen LogP contribution >= 0.6 is 0 Å². The number of nitrogens with zero attached hydrogens (tertiary/aromatic N) is 4. The lowest BCUT2D eigenvalue weighted by molar-refractivity contribution is -0.136. The minimum atomic E-state index is 0.0208. The molecule has 7 nitrogen and oxygen atoms in total. The van der Waals surface area contributed by atoms with Gasteiger partial charge in [-0.25, -0.2) is 0 Å². The van der Waals surface area contributed by atoms with Gasteiger partial charge in [-0.05, 0) is 44.4 Å². The summed E-state index contributed by atoms with van der Waals surface area (Å²) in [7, 11) is 1.79. The average molecular weight is 386 g/mol. The number of carbonyl (C=O) groups excluding carboxylic acids is 1. The molecule has 7 heteroatoms. The van der Waals surface area contributed by atoms with Crippen LogP contribution in [0.5, 0.6) is 0 Å². The number of piperidine rings is 2. The lowest BCUT2D eigenvalue weighted by Crippen LogP contribution is -2.51. The van der Waals surface area contributed by atoms with Gasteiger partial charge in [0.2, 0.25) is 5.91 Å². The Morgan fingerprint density at radius 1 is 1.25 bits per heavy atom. The number of likely N-dealkylation sites (N-methyl/N-ethyl adjacent to an activating group) is 1. The molecular weight excluding hydrogens is 356 g/mol. The van der Waals surface area contributed by atoms with E-state index >= 15 is 0 Å². The Morgan fingerprint density at radius 3 is 2.79 bits per heavy atom. The summed E-state index contributed by atoms with van der Waals surface area (Å²) in [6.45, 7) is 4.20. The largest absolute Gasteiger partial charge is 0.423 e. The molecular formula is C21H30N4O3. The molecule has 2 aliphatic heterocycles. The number of aromatic nitrogens is 1. The maximum Gasteiger partial charge on any atom is 0.298 e. The monoisotopic (exact) mass is 386 g/mol. The highest BCUT2D eigenvalue weighted by Gasteiger charge is 2.33. The number of anilines is 1. The molecule has 3 heterocycles. The number of aliphatic hydroxyl groups is 1. The van der Waals surface area contributed by atoms with Gasteiger partial charge in [0.05, 0.1) is 12.5 Å². The van der Waals surface area contributed by atoms with Gasteiger partial charge in [0, 0.05) is 39.3 Å². The topological polar surface area (TPSA) is 73.1 Å². The van der Waals surface area contributed by atoms with Gasteiger partial charge in [0.1, 0.15) is 5.52 Å². The van der Waals surface area contributed by atoms with Crippen molar-refractivity contribution in [3.8, 4) is 0 Å². The zero-order chi connectivity index (χ0) is 19.5. The van der Waals surface area contributed by atoms with E-state index in [2.05, 4.69) is 14.8 Å². The Labute approximate surface area is 165 Å². The van der Waals surface area contributed by atoms with Crippen molar-refractivity contribution < 1.29 is 14.3 Å². The van der Waals surface area contributed by atoms with E-state index in [4.69, 9.17) is 9.52 Å². The summed E-state index contributed by atoms with van der Waals surface area (Å²) in [5.74, 6) is 0.225. The van der Waals surface area contributed by atoms with E-state index in [0.717, 1.165) is 69.0 Å². The normalized spacial score (nSPS) is 21.9. The van der Waals surface area contributed by atoms with Crippen LogP contribution in [0.4, 0.5) is 6.01 Å². The van der Waals surface area contributed by atoms with Gasteiger partial charge in [0.15, 0.2) is 5.58 Å². The molecule has 28 heavy (non-hydrogen) atoms. The van der Waals surface area contributed by atoms with Gasteiger partial charge < -0.3 is 19.3 Å². The van der Waals surface area contributed by atoms with Crippen molar-refractivity contribution in [1.82, 2.24) is 14.8 Å². The van der Waals surface area contributed by atoms with Crippen LogP contribution in [0.2, 0.25) is 0 Å². The number of hydrogen-bond acceptors (Lipinski definition) is 6. The van der Waals surface area contributed by atoms with Gasteiger partial charge in [-0.15, -0.1) is 0 Å². The molecule has 0 aliphatic carbocycles. The first kappa shape index (κ1) is 19.2. The molecule has 2 saturated heterocycles. The number of amides is 1. The summed E-state index contributed by atoms with van der Waals surface area (Å²) < 4.78 is 5.92. The number of benzene rings is 1. The van der Waals surface area contributed by atoms with Gasteiger partial charge in [-0.2, -0.15) is 4.98 Å². The zero-order valence-corrected chi connectivity index (χ0v) is 16.6. The summed E-state index contributed by atoms with van der Waals surface area (Å²) in [5, 5.41) is 9.08. The zero-order valence-electron chi connectivity index (χ0n) is 16.6. The predicted molar refractivity (Wildman–Crippen MR) is 108 cm³/mol. The number of oxazole rings is 1. The molecule has 2 fully saturated rings. The number of rotatable bonds is 5. The molecule has 2 aliphatic rings. The fourth-order valence-corrected chi connectivity index (χ4v) is 4.53. The number of fused-ring (bicyclic) bond motifs is 1. The first-order chi connectivity index (χ1) is 13.7. The number of para-hydroxylation sites is 2. The molecule has 0 bridgehead atoms. The summed E-state index contributed by atoms with van der Waals surface area (Å²) in [6.07, 6.45) is 4.14. The second kappa shape index (κ2) is 8.49. The van der Waals surface area contributed by atoms with Crippen LogP contribution in [0.15, 0.2) is 28.7 Å². The van der Waals surface area contributed by atoms with Crippen LogP contribution in [0.25, 0.3) is 11.1 Å². The van der Waals surface area contributed by atoms with Crippen molar-refractivity contribution in [2.75, 3.05) is 51.3 Å². The molecule has 2 aromatic rings. The third-order valence-corrected chi connectivity index (χ3v) is 6.15. The quantitative estimate of drug-likeness (QED) is 0.847. The Balaban J connectivity index is 1.33. The molecule has 0 spiro atoms. The summed E-state index contributed by atoms with van der Waals surface area (Å²) in [5.41, 5.74) is 1.74. The van der Waals surface area contributed by atoms with E-state index in [1.165, 1.54) is 0 Å². The van der Waals surface area contributed by atoms with Crippen molar-refractivity contribution in [3.05, 3.63) is 24.3 Å². The van der Waals surface area contributed by atoms with E-state index in [9.17, 15) is 4.79 Å². The molecule has 0 saturated carbocycles. The van der Waals surface area contributed by atoms with Crippen molar-refractivity contribution in [3.63, 3.8) is 0 Å². The standard InChI is InChI=1S/C21H30N4O3/c1-23(13-14-26)20(27)16-5-4-10-25(15-16)17-8-11-24(12-9-17)21-22-18-6-2-3-7-19(18)28-21/h2-3,6-7,16-17,26H,4-5,8-15H2,1H3/t16-/m1/s1. The van der Waals surface area contributed by atoms with Gasteiger partial charge >= 0.3 is 0 Å². The highest BCUT2D eigenvalue weighted by molar-refractivity contribution is 5.79. The molecule has 1 aromatic carbocycles. The number of aliphatic hydroxyl groups excluding tert-OH is 1. The minimum Gasteiger partial charge on any atom is -0.423 e. The van der Waals surface area contributed by atoms with Crippen LogP contribution < -0.4 is 4.90 Å². The third-order valence-electron chi connectivity index (χ3n) is 6.15. The lowest BCUT2D eigenvalue weighted by atomic mass is 9.93. The van der Waals surface area contributed by atoms with E-state index in [0.29, 0.717) is 12.6 Å². The number of hydrogen-bond donors (Lipinski definition) is 1. The molecule has 1 aromatic heterocycles. The SMILES string of the molecule is CN(CCO)C(=O)[C@@H]1CCCN(C2CCN(c3nc4ccccc4o3)CC2)C1. The number of carbonyl (C=O) groups is 1.